The van der Waals surface area contributed by atoms with E-state index >= 15 is 0 Å². The monoisotopic (exact) mass is 271 g/mol. The third-order valence-electron chi connectivity index (χ3n) is 4.05. The lowest BCUT2D eigenvalue weighted by Crippen LogP contribution is -2.40. The maximum absolute atomic E-state index is 9.56. The molecule has 1 aliphatic heterocycles. The minimum Gasteiger partial charge on any atom is -0.491 e. The Labute approximate surface area is 119 Å². The normalized spacial score (nSPS) is 17.4. The van der Waals surface area contributed by atoms with Gasteiger partial charge in [0.15, 0.2) is 0 Å². The van der Waals surface area contributed by atoms with E-state index in [0.717, 1.165) is 24.2 Å². The highest BCUT2D eigenvalue weighted by atomic mass is 16.5. The number of likely N-dealkylation sites (tertiary alicyclic amines) is 1. The predicted octanol–water partition coefficient (Wildman–Crippen LogP) is 2.68. The zero-order valence-electron chi connectivity index (χ0n) is 11.7. The van der Waals surface area contributed by atoms with Crippen LogP contribution in [-0.2, 0) is 0 Å². The smallest absolute Gasteiger partial charge is 0.127 e. The van der Waals surface area contributed by atoms with Crippen LogP contribution in [0.15, 0.2) is 42.5 Å². The van der Waals surface area contributed by atoms with Crippen molar-refractivity contribution in [3.8, 4) is 5.75 Å². The molecule has 2 aromatic rings. The Morgan fingerprint density at radius 1 is 1.05 bits per heavy atom. The molecule has 0 aromatic heterocycles. The number of aliphatic hydroxyl groups is 1. The molecule has 1 heterocycles. The van der Waals surface area contributed by atoms with Crippen LogP contribution < -0.4 is 4.74 Å². The summed E-state index contributed by atoms with van der Waals surface area (Å²) in [6.45, 7) is 2.85. The first-order chi connectivity index (χ1) is 9.88. The lowest BCUT2D eigenvalue weighted by Gasteiger charge is -2.25. The van der Waals surface area contributed by atoms with Crippen molar-refractivity contribution in [2.24, 2.45) is 0 Å². The molecule has 0 spiro atoms. The van der Waals surface area contributed by atoms with Gasteiger partial charge in [-0.2, -0.15) is 0 Å². The quantitative estimate of drug-likeness (QED) is 0.907. The van der Waals surface area contributed by atoms with Gasteiger partial charge >= 0.3 is 0 Å². The van der Waals surface area contributed by atoms with Gasteiger partial charge in [0.05, 0.1) is 12.6 Å². The van der Waals surface area contributed by atoms with E-state index < -0.39 is 0 Å². The van der Waals surface area contributed by atoms with Crippen molar-refractivity contribution in [3.05, 3.63) is 42.5 Å². The van der Waals surface area contributed by atoms with E-state index in [2.05, 4.69) is 23.1 Å². The Morgan fingerprint density at radius 3 is 2.60 bits per heavy atom. The van der Waals surface area contributed by atoms with E-state index in [1.807, 2.05) is 24.3 Å². The van der Waals surface area contributed by atoms with Crippen LogP contribution in [0.1, 0.15) is 12.8 Å². The van der Waals surface area contributed by atoms with Crippen LogP contribution in [0.2, 0.25) is 0 Å². The maximum Gasteiger partial charge on any atom is 0.127 e. The summed E-state index contributed by atoms with van der Waals surface area (Å²) in [6, 6.07) is 14.4. The molecule has 1 atom stereocenters. The van der Waals surface area contributed by atoms with Crippen molar-refractivity contribution in [2.75, 3.05) is 26.3 Å². The van der Waals surface area contributed by atoms with Gasteiger partial charge in [-0.1, -0.05) is 36.4 Å². The van der Waals surface area contributed by atoms with Crippen LogP contribution in [0, 0.1) is 0 Å². The van der Waals surface area contributed by atoms with Gasteiger partial charge in [0, 0.05) is 5.39 Å². The Bertz CT molecular complexity index is 558. The average molecular weight is 271 g/mol. The van der Waals surface area contributed by atoms with E-state index in [1.54, 1.807) is 0 Å². The molecule has 3 heteroatoms. The van der Waals surface area contributed by atoms with Gasteiger partial charge in [-0.15, -0.1) is 0 Å². The summed E-state index contributed by atoms with van der Waals surface area (Å²) >= 11 is 0. The number of hydrogen-bond acceptors (Lipinski definition) is 3. The second kappa shape index (κ2) is 6.25. The van der Waals surface area contributed by atoms with Crippen molar-refractivity contribution in [1.29, 1.82) is 0 Å². The van der Waals surface area contributed by atoms with Gasteiger partial charge < -0.3 is 9.84 Å². The molecule has 0 saturated carbocycles. The molecule has 2 aromatic carbocycles. The number of benzene rings is 2. The SMILES string of the molecule is OCC(COc1cccc2ccccc12)N1CCCC1. The van der Waals surface area contributed by atoms with Crippen LogP contribution in [0.4, 0.5) is 0 Å². The fourth-order valence-electron chi connectivity index (χ4n) is 2.89. The summed E-state index contributed by atoms with van der Waals surface area (Å²) in [4.78, 5) is 2.32. The second-order valence-electron chi connectivity index (χ2n) is 5.37. The summed E-state index contributed by atoms with van der Waals surface area (Å²) in [5, 5.41) is 11.9. The summed E-state index contributed by atoms with van der Waals surface area (Å²) in [6.07, 6.45) is 2.45. The van der Waals surface area contributed by atoms with Crippen molar-refractivity contribution in [3.63, 3.8) is 0 Å². The zero-order valence-corrected chi connectivity index (χ0v) is 11.7. The van der Waals surface area contributed by atoms with E-state index in [-0.39, 0.29) is 12.6 Å². The number of ether oxygens (including phenoxy) is 1. The average Bonchev–Trinajstić information content (AvgIpc) is 3.02. The third-order valence-corrected chi connectivity index (χ3v) is 4.05. The molecule has 1 N–H and O–H groups in total. The molecule has 0 bridgehead atoms. The van der Waals surface area contributed by atoms with Crippen LogP contribution in [0.5, 0.6) is 5.75 Å². The first kappa shape index (κ1) is 13.4. The number of nitrogens with zero attached hydrogens (tertiary/aromatic N) is 1. The number of fused-ring (bicyclic) bond motifs is 1. The van der Waals surface area contributed by atoms with Gasteiger partial charge in [-0.05, 0) is 37.4 Å². The predicted molar refractivity (Wildman–Crippen MR) is 81.1 cm³/mol. The molecular formula is C17H21NO2. The van der Waals surface area contributed by atoms with Gasteiger partial charge in [-0.3, -0.25) is 4.90 Å². The van der Waals surface area contributed by atoms with Crippen molar-refractivity contribution >= 4 is 10.8 Å². The second-order valence-corrected chi connectivity index (χ2v) is 5.37. The molecule has 0 aliphatic carbocycles. The van der Waals surface area contributed by atoms with E-state index in [9.17, 15) is 5.11 Å². The van der Waals surface area contributed by atoms with Crippen LogP contribution in [-0.4, -0.2) is 42.4 Å². The molecular weight excluding hydrogens is 250 g/mol. The van der Waals surface area contributed by atoms with Crippen molar-refractivity contribution in [2.45, 2.75) is 18.9 Å². The standard InChI is InChI=1S/C17H21NO2/c19-12-15(18-10-3-4-11-18)13-20-17-9-5-7-14-6-1-2-8-16(14)17/h1-2,5-9,15,19H,3-4,10-13H2. The van der Waals surface area contributed by atoms with E-state index in [1.165, 1.54) is 18.2 Å². The minimum atomic E-state index is 0.108. The van der Waals surface area contributed by atoms with E-state index in [4.69, 9.17) is 4.74 Å². The first-order valence-corrected chi connectivity index (χ1v) is 7.34. The first-order valence-electron chi connectivity index (χ1n) is 7.34. The molecule has 1 fully saturated rings. The molecule has 20 heavy (non-hydrogen) atoms. The molecule has 1 saturated heterocycles. The Hall–Kier alpha value is -1.58. The fraction of sp³-hybridized carbons (Fsp3) is 0.412. The minimum absolute atomic E-state index is 0.108. The van der Waals surface area contributed by atoms with Crippen LogP contribution in [0.3, 0.4) is 0 Å². The number of rotatable bonds is 5. The summed E-state index contributed by atoms with van der Waals surface area (Å²) in [5.41, 5.74) is 0. The molecule has 3 nitrogen and oxygen atoms in total. The highest BCUT2D eigenvalue weighted by Gasteiger charge is 2.21. The Balaban J connectivity index is 1.72. The molecule has 3 rings (SSSR count). The number of hydrogen-bond donors (Lipinski definition) is 1. The summed E-state index contributed by atoms with van der Waals surface area (Å²) in [5.74, 6) is 0.903. The van der Waals surface area contributed by atoms with Gasteiger partial charge in [0.2, 0.25) is 0 Å². The molecule has 1 aliphatic rings. The summed E-state index contributed by atoms with van der Waals surface area (Å²) < 4.78 is 5.98. The largest absolute Gasteiger partial charge is 0.491 e. The maximum atomic E-state index is 9.56. The zero-order chi connectivity index (χ0) is 13.8. The molecule has 1 unspecified atom stereocenters. The van der Waals surface area contributed by atoms with Crippen molar-refractivity contribution < 1.29 is 9.84 Å². The van der Waals surface area contributed by atoms with Gasteiger partial charge in [0.25, 0.3) is 0 Å². The fourth-order valence-corrected chi connectivity index (χ4v) is 2.89. The van der Waals surface area contributed by atoms with Gasteiger partial charge in [-0.25, -0.2) is 0 Å². The molecule has 0 radical (unpaired) electrons. The third kappa shape index (κ3) is 2.79. The molecule has 0 amide bonds. The van der Waals surface area contributed by atoms with Crippen molar-refractivity contribution in [1.82, 2.24) is 4.90 Å². The topological polar surface area (TPSA) is 32.7 Å². The van der Waals surface area contributed by atoms with E-state index in [0.29, 0.717) is 6.61 Å². The van der Waals surface area contributed by atoms with Crippen LogP contribution >= 0.6 is 0 Å². The lowest BCUT2D eigenvalue weighted by molar-refractivity contribution is 0.100. The number of aliphatic hydroxyl groups excluding tert-OH is 1. The summed E-state index contributed by atoms with van der Waals surface area (Å²) in [7, 11) is 0. The Kier molecular flexibility index (Phi) is 4.19. The Morgan fingerprint density at radius 2 is 1.80 bits per heavy atom. The highest BCUT2D eigenvalue weighted by Crippen LogP contribution is 2.25. The lowest BCUT2D eigenvalue weighted by atomic mass is 10.1. The van der Waals surface area contributed by atoms with Crippen LogP contribution in [0.25, 0.3) is 10.8 Å². The highest BCUT2D eigenvalue weighted by molar-refractivity contribution is 5.88. The van der Waals surface area contributed by atoms with Gasteiger partial charge in [0.1, 0.15) is 12.4 Å². The molecule has 106 valence electrons.